The molecule has 9 heteroatoms. The van der Waals surface area contributed by atoms with Crippen molar-refractivity contribution in [2.24, 2.45) is 0 Å². The lowest BCUT2D eigenvalue weighted by Crippen LogP contribution is -2.29. The maximum Gasteiger partial charge on any atom is 0.296 e. The molecule has 192 valence electrons. The van der Waals surface area contributed by atoms with Crippen molar-refractivity contribution in [3.8, 4) is 23.0 Å². The predicted molar refractivity (Wildman–Crippen MR) is 133 cm³/mol. The summed E-state index contributed by atoms with van der Waals surface area (Å²) in [7, 11) is 0. The van der Waals surface area contributed by atoms with Gasteiger partial charge in [-0.15, -0.1) is 0 Å². The minimum atomic E-state index is -0.895. The number of carbonyl (C=O) groups excluding carboxylic acids is 2. The highest BCUT2D eigenvalue weighted by molar-refractivity contribution is 6.46. The number of rotatable bonds is 8. The first-order valence-corrected chi connectivity index (χ1v) is 12.1. The molecule has 1 atom stereocenters. The summed E-state index contributed by atoms with van der Waals surface area (Å²) in [6, 6.07) is 12.7. The molecule has 2 aliphatic heterocycles. The summed E-state index contributed by atoms with van der Waals surface area (Å²) in [6.45, 7) is 5.40. The molecule has 9 nitrogen and oxygen atoms in total. The molecule has 1 saturated heterocycles. The highest BCUT2D eigenvalue weighted by Gasteiger charge is 2.46. The highest BCUT2D eigenvalue weighted by Crippen LogP contribution is 2.43. The Morgan fingerprint density at radius 1 is 0.973 bits per heavy atom. The number of aliphatic hydroxyl groups is 1. The van der Waals surface area contributed by atoms with Gasteiger partial charge >= 0.3 is 0 Å². The molecule has 0 unspecified atom stereocenters. The summed E-state index contributed by atoms with van der Waals surface area (Å²) in [4.78, 5) is 28.0. The van der Waals surface area contributed by atoms with E-state index in [0.29, 0.717) is 66.3 Å². The topological polar surface area (TPSA) is 108 Å². The van der Waals surface area contributed by atoms with Gasteiger partial charge in [0.15, 0.2) is 23.0 Å². The zero-order chi connectivity index (χ0) is 25.9. The van der Waals surface area contributed by atoms with Crippen LogP contribution >= 0.6 is 0 Å². The zero-order valence-electron chi connectivity index (χ0n) is 20.6. The zero-order valence-corrected chi connectivity index (χ0v) is 20.6. The molecular formula is C28H27NO8. The Labute approximate surface area is 213 Å². The summed E-state index contributed by atoms with van der Waals surface area (Å²) in [5, 5.41) is 11.4. The number of furan rings is 1. The first-order valence-electron chi connectivity index (χ1n) is 12.1. The van der Waals surface area contributed by atoms with Gasteiger partial charge in [0, 0.05) is 5.56 Å². The van der Waals surface area contributed by atoms with Crippen LogP contribution in [0.2, 0.25) is 0 Å². The third-order valence-electron chi connectivity index (χ3n) is 6.15. The molecule has 0 radical (unpaired) electrons. The Morgan fingerprint density at radius 2 is 1.73 bits per heavy atom. The van der Waals surface area contributed by atoms with Gasteiger partial charge in [-0.25, -0.2) is 0 Å². The molecule has 5 rings (SSSR count). The van der Waals surface area contributed by atoms with Crippen LogP contribution in [-0.2, 0) is 16.1 Å². The van der Waals surface area contributed by atoms with Crippen LogP contribution in [-0.4, -0.2) is 48.1 Å². The van der Waals surface area contributed by atoms with Crippen molar-refractivity contribution in [1.82, 2.24) is 4.90 Å². The summed E-state index contributed by atoms with van der Waals surface area (Å²) in [5.74, 6) is 0.675. The van der Waals surface area contributed by atoms with Crippen molar-refractivity contribution in [3.63, 3.8) is 0 Å². The van der Waals surface area contributed by atoms with E-state index in [1.54, 1.807) is 48.5 Å². The Bertz CT molecular complexity index is 1340. The number of hydrogen-bond donors (Lipinski definition) is 1. The number of ether oxygens (including phenoxy) is 4. The van der Waals surface area contributed by atoms with Gasteiger partial charge in [-0.1, -0.05) is 6.07 Å². The van der Waals surface area contributed by atoms with Crippen LogP contribution in [0.4, 0.5) is 0 Å². The van der Waals surface area contributed by atoms with E-state index in [4.69, 9.17) is 23.4 Å². The molecule has 3 aromatic rings. The van der Waals surface area contributed by atoms with Gasteiger partial charge in [0.05, 0.1) is 37.6 Å². The van der Waals surface area contributed by atoms with Crippen LogP contribution in [0.15, 0.2) is 64.8 Å². The van der Waals surface area contributed by atoms with Crippen LogP contribution in [0.25, 0.3) is 5.76 Å². The van der Waals surface area contributed by atoms with Crippen molar-refractivity contribution in [3.05, 3.63) is 77.3 Å². The maximum absolute atomic E-state index is 13.4. The van der Waals surface area contributed by atoms with E-state index in [9.17, 15) is 14.7 Å². The number of Topliss-reactive ketones (excluding diaryl/α,β-unsaturated/α-hetero) is 1. The number of amides is 1. The van der Waals surface area contributed by atoms with E-state index in [0.717, 1.165) is 0 Å². The largest absolute Gasteiger partial charge is 0.507 e. The molecule has 0 bridgehead atoms. The molecule has 1 fully saturated rings. The minimum absolute atomic E-state index is 0.0390. The van der Waals surface area contributed by atoms with Gasteiger partial charge in [-0.05, 0) is 61.9 Å². The van der Waals surface area contributed by atoms with Crippen molar-refractivity contribution in [1.29, 1.82) is 0 Å². The number of aliphatic hydroxyl groups excluding tert-OH is 1. The predicted octanol–water partition coefficient (Wildman–Crippen LogP) is 4.47. The molecule has 1 aromatic heterocycles. The summed E-state index contributed by atoms with van der Waals surface area (Å²) < 4.78 is 28.1. The quantitative estimate of drug-likeness (QED) is 0.271. The Balaban J connectivity index is 1.64. The normalized spacial score (nSPS) is 18.2. The summed E-state index contributed by atoms with van der Waals surface area (Å²) in [6.07, 6.45) is 1.50. The monoisotopic (exact) mass is 505 g/mol. The molecule has 1 N–H and O–H groups in total. The van der Waals surface area contributed by atoms with Gasteiger partial charge < -0.3 is 33.4 Å². The molecule has 0 spiro atoms. The molecule has 37 heavy (non-hydrogen) atoms. The standard InChI is InChI=1S/C28H27NO8/c1-3-33-20-9-7-17(14-22(20)34-4-2)25-24(27(31)28(32)29(25)16-19-6-5-11-35-19)26(30)18-8-10-21-23(15-18)37-13-12-36-21/h5-11,14-15,25,30H,3-4,12-13,16H2,1-2H3/t25-/m1/s1. The van der Waals surface area contributed by atoms with Crippen LogP contribution in [0.1, 0.15) is 36.8 Å². The average Bonchev–Trinajstić information content (AvgIpc) is 3.52. The summed E-state index contributed by atoms with van der Waals surface area (Å²) >= 11 is 0. The first kappa shape index (κ1) is 24.3. The van der Waals surface area contributed by atoms with Gasteiger partial charge in [-0.3, -0.25) is 9.59 Å². The Morgan fingerprint density at radius 3 is 2.46 bits per heavy atom. The van der Waals surface area contributed by atoms with Crippen molar-refractivity contribution < 1.29 is 38.1 Å². The fourth-order valence-corrected chi connectivity index (χ4v) is 4.54. The fourth-order valence-electron chi connectivity index (χ4n) is 4.54. The molecule has 2 aliphatic rings. The van der Waals surface area contributed by atoms with E-state index in [1.165, 1.54) is 11.2 Å². The lowest BCUT2D eigenvalue weighted by molar-refractivity contribution is -0.140. The van der Waals surface area contributed by atoms with Crippen molar-refractivity contribution in [2.45, 2.75) is 26.4 Å². The lowest BCUT2D eigenvalue weighted by atomic mass is 9.94. The summed E-state index contributed by atoms with van der Waals surface area (Å²) in [5.41, 5.74) is 0.873. The average molecular weight is 506 g/mol. The number of carbonyl (C=O) groups is 2. The number of likely N-dealkylation sites (tertiary alicyclic amines) is 1. The molecule has 1 amide bonds. The van der Waals surface area contributed by atoms with Gasteiger partial charge in [0.2, 0.25) is 0 Å². The minimum Gasteiger partial charge on any atom is -0.507 e. The third kappa shape index (κ3) is 4.60. The van der Waals surface area contributed by atoms with Crippen LogP contribution < -0.4 is 18.9 Å². The molecule has 0 aliphatic carbocycles. The van der Waals surface area contributed by atoms with Gasteiger partial charge in [-0.2, -0.15) is 0 Å². The molecule has 0 saturated carbocycles. The van der Waals surface area contributed by atoms with Gasteiger partial charge in [0.1, 0.15) is 24.7 Å². The lowest BCUT2D eigenvalue weighted by Gasteiger charge is -2.25. The first-order chi connectivity index (χ1) is 18.0. The SMILES string of the molecule is CCOc1ccc([C@@H]2C(=C(O)c3ccc4c(c3)OCCO4)C(=O)C(=O)N2Cc2ccco2)cc1OCC. The number of benzene rings is 2. The third-order valence-corrected chi connectivity index (χ3v) is 6.15. The fraction of sp³-hybridized carbons (Fsp3) is 0.286. The molecule has 3 heterocycles. The van der Waals surface area contributed by atoms with E-state index in [2.05, 4.69) is 0 Å². The van der Waals surface area contributed by atoms with Crippen molar-refractivity contribution >= 4 is 17.4 Å². The smallest absolute Gasteiger partial charge is 0.296 e. The second-order valence-corrected chi connectivity index (χ2v) is 8.44. The number of nitrogens with zero attached hydrogens (tertiary/aromatic N) is 1. The Kier molecular flexibility index (Phi) is 6.76. The van der Waals surface area contributed by atoms with E-state index in [-0.39, 0.29) is 17.9 Å². The van der Waals surface area contributed by atoms with Gasteiger partial charge in [0.25, 0.3) is 11.7 Å². The van der Waals surface area contributed by atoms with E-state index in [1.807, 2.05) is 13.8 Å². The molecular weight excluding hydrogens is 478 g/mol. The maximum atomic E-state index is 13.4. The van der Waals surface area contributed by atoms with Crippen LogP contribution in [0, 0.1) is 0 Å². The number of hydrogen-bond acceptors (Lipinski definition) is 8. The number of fused-ring (bicyclic) bond motifs is 1. The highest BCUT2D eigenvalue weighted by atomic mass is 16.6. The second kappa shape index (κ2) is 10.3. The van der Waals surface area contributed by atoms with Crippen LogP contribution in [0.3, 0.4) is 0 Å². The second-order valence-electron chi connectivity index (χ2n) is 8.44. The van der Waals surface area contributed by atoms with Crippen LogP contribution in [0.5, 0.6) is 23.0 Å². The molecule has 2 aromatic carbocycles. The Hall–Kier alpha value is -4.40. The van der Waals surface area contributed by atoms with E-state index >= 15 is 0 Å². The van der Waals surface area contributed by atoms with E-state index < -0.39 is 17.7 Å². The number of ketones is 1. The van der Waals surface area contributed by atoms with Crippen molar-refractivity contribution in [2.75, 3.05) is 26.4 Å².